The van der Waals surface area contributed by atoms with Crippen LogP contribution in [0.2, 0.25) is 0 Å². The maximum Gasteiger partial charge on any atom is 0.111 e. The molecule has 0 aliphatic heterocycles. The third kappa shape index (κ3) is 6.32. The third-order valence-corrected chi connectivity index (χ3v) is 1.98. The number of nitrogens with two attached hydrogens (primary N) is 1. The van der Waals surface area contributed by atoms with Gasteiger partial charge in [0, 0.05) is 13.7 Å². The monoisotopic (exact) mass is 205 g/mol. The summed E-state index contributed by atoms with van der Waals surface area (Å²) in [4.78, 5) is 0. The Balaban J connectivity index is 3.82. The van der Waals surface area contributed by atoms with Crippen LogP contribution in [0.15, 0.2) is 0 Å². The Bertz CT molecular complexity index is 133. The SMILES string of the molecule is CCCOCC(O)(CCCN)COC. The van der Waals surface area contributed by atoms with Crippen LogP contribution >= 0.6 is 0 Å². The second-order valence-corrected chi connectivity index (χ2v) is 3.60. The van der Waals surface area contributed by atoms with Gasteiger partial charge in [0.2, 0.25) is 0 Å². The Morgan fingerprint density at radius 1 is 1.36 bits per heavy atom. The minimum atomic E-state index is -0.872. The molecule has 0 amide bonds. The maximum absolute atomic E-state index is 10.1. The Morgan fingerprint density at radius 3 is 2.57 bits per heavy atom. The van der Waals surface area contributed by atoms with Crippen LogP contribution in [0.1, 0.15) is 26.2 Å². The molecule has 0 saturated carbocycles. The smallest absolute Gasteiger partial charge is 0.111 e. The van der Waals surface area contributed by atoms with E-state index in [0.29, 0.717) is 32.8 Å². The molecule has 0 radical (unpaired) electrons. The van der Waals surface area contributed by atoms with Crippen LogP contribution in [0.3, 0.4) is 0 Å². The summed E-state index contributed by atoms with van der Waals surface area (Å²) >= 11 is 0. The maximum atomic E-state index is 10.1. The molecule has 0 rings (SSSR count). The molecule has 0 bridgehead atoms. The lowest BCUT2D eigenvalue weighted by Gasteiger charge is -2.26. The molecule has 1 atom stereocenters. The highest BCUT2D eigenvalue weighted by molar-refractivity contribution is 4.77. The first kappa shape index (κ1) is 13.8. The van der Waals surface area contributed by atoms with Crippen molar-refractivity contribution in [2.45, 2.75) is 31.8 Å². The number of aliphatic hydroxyl groups is 1. The summed E-state index contributed by atoms with van der Waals surface area (Å²) in [6, 6.07) is 0. The minimum Gasteiger partial charge on any atom is -0.385 e. The summed E-state index contributed by atoms with van der Waals surface area (Å²) in [5.74, 6) is 0. The van der Waals surface area contributed by atoms with Crippen LogP contribution in [-0.4, -0.2) is 44.2 Å². The van der Waals surface area contributed by atoms with Crippen molar-refractivity contribution in [3.8, 4) is 0 Å². The lowest BCUT2D eigenvalue weighted by Crippen LogP contribution is -2.40. The highest BCUT2D eigenvalue weighted by Gasteiger charge is 2.26. The van der Waals surface area contributed by atoms with Gasteiger partial charge in [-0.05, 0) is 25.8 Å². The van der Waals surface area contributed by atoms with Gasteiger partial charge in [0.25, 0.3) is 0 Å². The molecular formula is C10H23NO3. The average Bonchev–Trinajstić information content (AvgIpc) is 2.16. The summed E-state index contributed by atoms with van der Waals surface area (Å²) in [6.45, 7) is 3.93. The van der Waals surface area contributed by atoms with E-state index >= 15 is 0 Å². The average molecular weight is 205 g/mol. The first-order valence-corrected chi connectivity index (χ1v) is 5.17. The number of ether oxygens (including phenoxy) is 2. The summed E-state index contributed by atoms with van der Waals surface area (Å²) in [6.07, 6.45) is 2.37. The molecule has 0 aromatic carbocycles. The van der Waals surface area contributed by atoms with E-state index < -0.39 is 5.60 Å². The van der Waals surface area contributed by atoms with Gasteiger partial charge in [-0.25, -0.2) is 0 Å². The van der Waals surface area contributed by atoms with Crippen molar-refractivity contribution in [3.05, 3.63) is 0 Å². The van der Waals surface area contributed by atoms with Gasteiger partial charge in [-0.1, -0.05) is 6.92 Å². The van der Waals surface area contributed by atoms with Crippen LogP contribution in [-0.2, 0) is 9.47 Å². The van der Waals surface area contributed by atoms with Crippen molar-refractivity contribution in [1.29, 1.82) is 0 Å². The van der Waals surface area contributed by atoms with Crippen LogP contribution < -0.4 is 5.73 Å². The van der Waals surface area contributed by atoms with Gasteiger partial charge in [-0.15, -0.1) is 0 Å². The van der Waals surface area contributed by atoms with E-state index in [4.69, 9.17) is 15.2 Å². The fraction of sp³-hybridized carbons (Fsp3) is 1.00. The standard InChI is InChI=1S/C10H23NO3/c1-3-7-14-9-10(12,8-13-2)5-4-6-11/h12H,3-9,11H2,1-2H3. The molecule has 0 aromatic rings. The molecule has 14 heavy (non-hydrogen) atoms. The van der Waals surface area contributed by atoms with Crippen LogP contribution in [0.25, 0.3) is 0 Å². The summed E-state index contributed by atoms with van der Waals surface area (Å²) in [5, 5.41) is 10.1. The molecule has 0 heterocycles. The van der Waals surface area contributed by atoms with Crippen LogP contribution in [0, 0.1) is 0 Å². The van der Waals surface area contributed by atoms with Crippen molar-refractivity contribution >= 4 is 0 Å². The second kappa shape index (κ2) is 8.17. The molecule has 3 N–H and O–H groups in total. The third-order valence-electron chi connectivity index (χ3n) is 1.98. The van der Waals surface area contributed by atoms with Crippen LogP contribution in [0.5, 0.6) is 0 Å². The van der Waals surface area contributed by atoms with Gasteiger partial charge in [0.15, 0.2) is 0 Å². The lowest BCUT2D eigenvalue weighted by atomic mass is 10.00. The molecule has 1 unspecified atom stereocenters. The normalized spacial score (nSPS) is 15.4. The van der Waals surface area contributed by atoms with Crippen molar-refractivity contribution in [2.75, 3.05) is 33.5 Å². The van der Waals surface area contributed by atoms with Gasteiger partial charge in [0.05, 0.1) is 13.2 Å². The van der Waals surface area contributed by atoms with E-state index in [9.17, 15) is 5.11 Å². The molecule has 0 spiro atoms. The van der Waals surface area contributed by atoms with Gasteiger partial charge in [-0.3, -0.25) is 0 Å². The van der Waals surface area contributed by atoms with Gasteiger partial charge in [-0.2, -0.15) is 0 Å². The Kier molecular flexibility index (Phi) is 8.08. The molecule has 4 heteroatoms. The highest BCUT2D eigenvalue weighted by Crippen LogP contribution is 2.13. The molecular weight excluding hydrogens is 182 g/mol. The summed E-state index contributed by atoms with van der Waals surface area (Å²) < 4.78 is 10.3. The van der Waals surface area contributed by atoms with Gasteiger partial charge >= 0.3 is 0 Å². The molecule has 86 valence electrons. The van der Waals surface area contributed by atoms with E-state index in [-0.39, 0.29) is 0 Å². The predicted octanol–water partition coefficient (Wildman–Crippen LogP) is 0.529. The Morgan fingerprint density at radius 2 is 2.07 bits per heavy atom. The van der Waals surface area contributed by atoms with Gasteiger partial charge < -0.3 is 20.3 Å². The fourth-order valence-corrected chi connectivity index (χ4v) is 1.29. The fourth-order valence-electron chi connectivity index (χ4n) is 1.29. The van der Waals surface area contributed by atoms with E-state index in [1.807, 2.05) is 6.92 Å². The predicted molar refractivity (Wildman–Crippen MR) is 56.2 cm³/mol. The second-order valence-electron chi connectivity index (χ2n) is 3.60. The number of rotatable bonds is 9. The number of hydrogen-bond donors (Lipinski definition) is 2. The molecule has 0 aromatic heterocycles. The zero-order valence-electron chi connectivity index (χ0n) is 9.29. The molecule has 0 aliphatic carbocycles. The van der Waals surface area contributed by atoms with E-state index in [1.54, 1.807) is 7.11 Å². The summed E-state index contributed by atoms with van der Waals surface area (Å²) in [5.41, 5.74) is 4.52. The molecule has 4 nitrogen and oxygen atoms in total. The van der Waals surface area contributed by atoms with Crippen molar-refractivity contribution < 1.29 is 14.6 Å². The van der Waals surface area contributed by atoms with E-state index in [2.05, 4.69) is 0 Å². The van der Waals surface area contributed by atoms with Crippen molar-refractivity contribution in [3.63, 3.8) is 0 Å². The van der Waals surface area contributed by atoms with Gasteiger partial charge in [0.1, 0.15) is 5.60 Å². The lowest BCUT2D eigenvalue weighted by molar-refractivity contribution is -0.0918. The largest absolute Gasteiger partial charge is 0.385 e. The Hall–Kier alpha value is -0.160. The minimum absolute atomic E-state index is 0.302. The first-order chi connectivity index (χ1) is 6.68. The first-order valence-electron chi connectivity index (χ1n) is 5.17. The van der Waals surface area contributed by atoms with E-state index in [0.717, 1.165) is 12.8 Å². The summed E-state index contributed by atoms with van der Waals surface area (Å²) in [7, 11) is 1.58. The Labute approximate surface area is 86.4 Å². The van der Waals surface area contributed by atoms with Crippen molar-refractivity contribution in [2.24, 2.45) is 5.73 Å². The quantitative estimate of drug-likeness (QED) is 0.539. The topological polar surface area (TPSA) is 64.7 Å². The van der Waals surface area contributed by atoms with E-state index in [1.165, 1.54) is 0 Å². The highest BCUT2D eigenvalue weighted by atomic mass is 16.5. The molecule has 0 aliphatic rings. The molecule has 0 fully saturated rings. The number of methoxy groups -OCH3 is 1. The number of hydrogen-bond acceptors (Lipinski definition) is 4. The van der Waals surface area contributed by atoms with Crippen LogP contribution in [0.4, 0.5) is 0 Å². The zero-order chi connectivity index (χ0) is 10.9. The molecule has 0 saturated heterocycles. The zero-order valence-corrected chi connectivity index (χ0v) is 9.29. The van der Waals surface area contributed by atoms with Crippen molar-refractivity contribution in [1.82, 2.24) is 0 Å².